The number of pyridine rings is 1. The number of carbonyl (C=O) groups excluding carboxylic acids is 1. The summed E-state index contributed by atoms with van der Waals surface area (Å²) >= 11 is 0. The van der Waals surface area contributed by atoms with E-state index in [1.807, 2.05) is 0 Å². The summed E-state index contributed by atoms with van der Waals surface area (Å²) in [4.78, 5) is 25.9. The minimum absolute atomic E-state index is 0.457. The fourth-order valence-corrected chi connectivity index (χ4v) is 1.07. The number of hydrogen-bond donors (Lipinski definition) is 2. The van der Waals surface area contributed by atoms with Gasteiger partial charge in [-0.05, 0) is 26.0 Å². The zero-order valence-corrected chi connectivity index (χ0v) is 9.58. The van der Waals surface area contributed by atoms with Crippen molar-refractivity contribution in [3.05, 3.63) is 24.5 Å². The van der Waals surface area contributed by atoms with Crippen LogP contribution in [0.1, 0.15) is 13.8 Å². The first-order chi connectivity index (χ1) is 8.00. The summed E-state index contributed by atoms with van der Waals surface area (Å²) in [5, 5.41) is 11.0. The van der Waals surface area contributed by atoms with Crippen LogP contribution in [0.5, 0.6) is 5.75 Å². The molecule has 1 aromatic heterocycles. The monoisotopic (exact) mass is 238 g/mol. The van der Waals surface area contributed by atoms with Crippen LogP contribution in [0.15, 0.2) is 24.5 Å². The SMILES string of the molecule is CC(NC(=O)C(C)Oc1cccnc1)C(=O)O. The minimum atomic E-state index is -1.09. The molecule has 0 fully saturated rings. The van der Waals surface area contributed by atoms with E-state index in [1.54, 1.807) is 18.3 Å². The average molecular weight is 238 g/mol. The van der Waals surface area contributed by atoms with Crippen LogP contribution in [0.4, 0.5) is 0 Å². The van der Waals surface area contributed by atoms with Crippen molar-refractivity contribution < 1.29 is 19.4 Å². The highest BCUT2D eigenvalue weighted by Crippen LogP contribution is 2.08. The number of rotatable bonds is 5. The van der Waals surface area contributed by atoms with Crippen LogP contribution in [0.2, 0.25) is 0 Å². The zero-order valence-electron chi connectivity index (χ0n) is 9.58. The fourth-order valence-electron chi connectivity index (χ4n) is 1.07. The van der Waals surface area contributed by atoms with Crippen LogP contribution < -0.4 is 10.1 Å². The number of carbonyl (C=O) groups is 2. The third-order valence-electron chi connectivity index (χ3n) is 2.05. The Balaban J connectivity index is 2.50. The number of amides is 1. The summed E-state index contributed by atoms with van der Waals surface area (Å²) in [6, 6.07) is 2.40. The largest absolute Gasteiger partial charge is 0.480 e. The first-order valence-electron chi connectivity index (χ1n) is 5.10. The number of carboxylic acids is 1. The molecule has 1 rings (SSSR count). The predicted octanol–water partition coefficient (Wildman–Crippen LogP) is 0.438. The highest BCUT2D eigenvalue weighted by Gasteiger charge is 2.20. The molecule has 0 bridgehead atoms. The van der Waals surface area contributed by atoms with E-state index in [1.165, 1.54) is 20.0 Å². The molecular formula is C11H14N2O4. The van der Waals surface area contributed by atoms with Gasteiger partial charge in [-0.25, -0.2) is 0 Å². The third kappa shape index (κ3) is 4.10. The highest BCUT2D eigenvalue weighted by molar-refractivity contribution is 5.85. The molecule has 2 atom stereocenters. The molecule has 92 valence electrons. The van der Waals surface area contributed by atoms with Crippen molar-refractivity contribution in [3.8, 4) is 5.75 Å². The van der Waals surface area contributed by atoms with E-state index in [0.29, 0.717) is 5.75 Å². The van der Waals surface area contributed by atoms with Gasteiger partial charge in [-0.2, -0.15) is 0 Å². The standard InChI is InChI=1S/C11H14N2O4/c1-7(11(15)16)13-10(14)8(2)17-9-4-3-5-12-6-9/h3-8H,1-2H3,(H,13,14)(H,15,16). The number of ether oxygens (including phenoxy) is 1. The number of aliphatic carboxylic acids is 1. The quantitative estimate of drug-likeness (QED) is 0.777. The van der Waals surface area contributed by atoms with E-state index in [0.717, 1.165) is 0 Å². The Kier molecular flexibility index (Phi) is 4.45. The number of carboxylic acid groups (broad SMARTS) is 1. The average Bonchev–Trinajstić information content (AvgIpc) is 2.29. The van der Waals surface area contributed by atoms with E-state index in [-0.39, 0.29) is 0 Å². The summed E-state index contributed by atoms with van der Waals surface area (Å²) in [5.74, 6) is -1.12. The van der Waals surface area contributed by atoms with Gasteiger partial charge in [0.2, 0.25) is 0 Å². The zero-order chi connectivity index (χ0) is 12.8. The molecule has 0 radical (unpaired) electrons. The molecule has 0 aromatic carbocycles. The molecule has 1 amide bonds. The van der Waals surface area contributed by atoms with Gasteiger partial charge < -0.3 is 15.2 Å². The number of nitrogens with zero attached hydrogens (tertiary/aromatic N) is 1. The Hall–Kier alpha value is -2.11. The van der Waals surface area contributed by atoms with Crippen LogP contribution in [0.25, 0.3) is 0 Å². The lowest BCUT2D eigenvalue weighted by atomic mass is 10.3. The van der Waals surface area contributed by atoms with E-state index < -0.39 is 24.0 Å². The molecule has 0 aliphatic rings. The van der Waals surface area contributed by atoms with Gasteiger partial charge in [0.1, 0.15) is 11.8 Å². The van der Waals surface area contributed by atoms with E-state index >= 15 is 0 Å². The van der Waals surface area contributed by atoms with Gasteiger partial charge in [0, 0.05) is 6.20 Å². The fraction of sp³-hybridized carbons (Fsp3) is 0.364. The summed E-state index contributed by atoms with van der Waals surface area (Å²) in [6.07, 6.45) is 2.29. The Morgan fingerprint density at radius 1 is 1.47 bits per heavy atom. The summed E-state index contributed by atoms with van der Waals surface area (Å²) < 4.78 is 5.29. The van der Waals surface area contributed by atoms with Gasteiger partial charge in [-0.3, -0.25) is 14.6 Å². The van der Waals surface area contributed by atoms with E-state index in [2.05, 4.69) is 10.3 Å². The Labute approximate surface area is 98.6 Å². The van der Waals surface area contributed by atoms with Gasteiger partial charge in [0.15, 0.2) is 6.10 Å². The van der Waals surface area contributed by atoms with Crippen molar-refractivity contribution in [2.24, 2.45) is 0 Å². The maximum Gasteiger partial charge on any atom is 0.325 e. The predicted molar refractivity (Wildman–Crippen MR) is 59.6 cm³/mol. The van der Waals surface area contributed by atoms with Crippen LogP contribution in [0, 0.1) is 0 Å². The molecule has 0 saturated carbocycles. The lowest BCUT2D eigenvalue weighted by molar-refractivity contribution is -0.142. The Morgan fingerprint density at radius 3 is 2.71 bits per heavy atom. The van der Waals surface area contributed by atoms with Crippen LogP contribution in [0.3, 0.4) is 0 Å². The number of aromatic nitrogens is 1. The lowest BCUT2D eigenvalue weighted by Gasteiger charge is -2.16. The number of hydrogen-bond acceptors (Lipinski definition) is 4. The van der Waals surface area contributed by atoms with E-state index in [4.69, 9.17) is 9.84 Å². The molecule has 0 aliphatic carbocycles. The molecule has 6 heteroatoms. The minimum Gasteiger partial charge on any atom is -0.480 e. The van der Waals surface area contributed by atoms with E-state index in [9.17, 15) is 9.59 Å². The second kappa shape index (κ2) is 5.83. The van der Waals surface area contributed by atoms with Gasteiger partial charge in [0.05, 0.1) is 6.20 Å². The van der Waals surface area contributed by atoms with Crippen molar-refractivity contribution >= 4 is 11.9 Å². The van der Waals surface area contributed by atoms with Gasteiger partial charge in [-0.1, -0.05) is 0 Å². The summed E-state index contributed by atoms with van der Waals surface area (Å²) in [5.41, 5.74) is 0. The molecule has 1 aromatic rings. The van der Waals surface area contributed by atoms with Gasteiger partial charge >= 0.3 is 5.97 Å². The molecule has 0 spiro atoms. The van der Waals surface area contributed by atoms with Crippen molar-refractivity contribution in [1.29, 1.82) is 0 Å². The van der Waals surface area contributed by atoms with Crippen molar-refractivity contribution in [1.82, 2.24) is 10.3 Å². The summed E-state index contributed by atoms with van der Waals surface area (Å²) in [7, 11) is 0. The van der Waals surface area contributed by atoms with Crippen molar-refractivity contribution in [2.45, 2.75) is 26.0 Å². The second-order valence-electron chi connectivity index (χ2n) is 3.52. The molecule has 0 saturated heterocycles. The Morgan fingerprint density at radius 2 is 2.18 bits per heavy atom. The van der Waals surface area contributed by atoms with Crippen LogP contribution in [-0.4, -0.2) is 34.1 Å². The molecule has 2 unspecified atom stereocenters. The first-order valence-corrected chi connectivity index (χ1v) is 5.10. The maximum atomic E-state index is 11.5. The molecule has 2 N–H and O–H groups in total. The Bertz CT molecular complexity index is 394. The van der Waals surface area contributed by atoms with Crippen LogP contribution >= 0.6 is 0 Å². The molecule has 0 aliphatic heterocycles. The third-order valence-corrected chi connectivity index (χ3v) is 2.05. The summed E-state index contributed by atoms with van der Waals surface area (Å²) in [6.45, 7) is 2.92. The highest BCUT2D eigenvalue weighted by atomic mass is 16.5. The number of nitrogens with one attached hydrogen (secondary N) is 1. The van der Waals surface area contributed by atoms with Crippen molar-refractivity contribution in [2.75, 3.05) is 0 Å². The molecule has 1 heterocycles. The van der Waals surface area contributed by atoms with Crippen LogP contribution in [-0.2, 0) is 9.59 Å². The van der Waals surface area contributed by atoms with Gasteiger partial charge in [-0.15, -0.1) is 0 Å². The smallest absolute Gasteiger partial charge is 0.325 e. The second-order valence-corrected chi connectivity index (χ2v) is 3.52. The molecular weight excluding hydrogens is 224 g/mol. The lowest BCUT2D eigenvalue weighted by Crippen LogP contribution is -2.44. The molecule has 6 nitrogen and oxygen atoms in total. The normalized spacial score (nSPS) is 13.5. The maximum absolute atomic E-state index is 11.5. The first kappa shape index (κ1) is 13.0. The van der Waals surface area contributed by atoms with Gasteiger partial charge in [0.25, 0.3) is 5.91 Å². The van der Waals surface area contributed by atoms with Crippen molar-refractivity contribution in [3.63, 3.8) is 0 Å². The molecule has 17 heavy (non-hydrogen) atoms. The topological polar surface area (TPSA) is 88.5 Å².